The standard InChI is InChI=1S/C24H27F2N3O2/c25-20-4-3-5-22(23(20)26)29-11-9-28(10-12-29)8-1-2-13-31-16-6-7-17-18-15-19(18)24(30)27-21(17)14-16/h3-7,14,18-19H,1-2,8-13,15H2,(H,27,30). The lowest BCUT2D eigenvalue weighted by Gasteiger charge is -2.36. The first-order chi connectivity index (χ1) is 15.1. The van der Waals surface area contributed by atoms with Gasteiger partial charge in [-0.2, -0.15) is 0 Å². The zero-order chi connectivity index (χ0) is 21.4. The predicted octanol–water partition coefficient (Wildman–Crippen LogP) is 4.00. The van der Waals surface area contributed by atoms with Gasteiger partial charge in [0.2, 0.25) is 5.91 Å². The monoisotopic (exact) mass is 427 g/mol. The number of benzene rings is 2. The van der Waals surface area contributed by atoms with Crippen molar-refractivity contribution in [2.45, 2.75) is 25.2 Å². The second-order valence-corrected chi connectivity index (χ2v) is 8.64. The summed E-state index contributed by atoms with van der Waals surface area (Å²) >= 11 is 0. The van der Waals surface area contributed by atoms with E-state index in [-0.39, 0.29) is 11.8 Å². The van der Waals surface area contributed by atoms with E-state index in [1.165, 1.54) is 5.56 Å². The molecule has 2 atom stereocenters. The highest BCUT2D eigenvalue weighted by molar-refractivity contribution is 5.99. The number of ether oxygens (including phenoxy) is 1. The molecule has 164 valence electrons. The third-order valence-corrected chi connectivity index (χ3v) is 6.59. The van der Waals surface area contributed by atoms with Crippen molar-refractivity contribution in [1.29, 1.82) is 0 Å². The lowest BCUT2D eigenvalue weighted by molar-refractivity contribution is -0.117. The van der Waals surface area contributed by atoms with E-state index in [4.69, 9.17) is 4.74 Å². The van der Waals surface area contributed by atoms with Crippen LogP contribution in [0.2, 0.25) is 0 Å². The number of halogens is 2. The summed E-state index contributed by atoms with van der Waals surface area (Å²) in [7, 11) is 0. The summed E-state index contributed by atoms with van der Waals surface area (Å²) < 4.78 is 33.3. The Morgan fingerprint density at radius 3 is 2.71 bits per heavy atom. The summed E-state index contributed by atoms with van der Waals surface area (Å²) in [6, 6.07) is 10.4. The number of carbonyl (C=O) groups is 1. The van der Waals surface area contributed by atoms with Crippen LogP contribution in [-0.4, -0.2) is 50.1 Å². The molecule has 2 unspecified atom stereocenters. The van der Waals surface area contributed by atoms with Crippen LogP contribution >= 0.6 is 0 Å². The Labute approximate surface area is 181 Å². The molecule has 0 bridgehead atoms. The number of nitrogens with one attached hydrogen (secondary N) is 1. The maximum absolute atomic E-state index is 14.0. The van der Waals surface area contributed by atoms with Crippen LogP contribution in [0.1, 0.15) is 30.7 Å². The Morgan fingerprint density at radius 2 is 1.87 bits per heavy atom. The number of anilines is 2. The van der Waals surface area contributed by atoms with Gasteiger partial charge in [-0.15, -0.1) is 0 Å². The molecule has 2 aromatic rings. The Hall–Kier alpha value is -2.67. The van der Waals surface area contributed by atoms with Crippen molar-refractivity contribution in [3.8, 4) is 5.75 Å². The molecule has 7 heteroatoms. The van der Waals surface area contributed by atoms with Gasteiger partial charge in [-0.05, 0) is 55.5 Å². The van der Waals surface area contributed by atoms with E-state index in [9.17, 15) is 13.6 Å². The normalized spacial score (nSPS) is 22.5. The minimum Gasteiger partial charge on any atom is -0.494 e. The van der Waals surface area contributed by atoms with Crippen molar-refractivity contribution in [2.75, 3.05) is 49.5 Å². The van der Waals surface area contributed by atoms with Crippen LogP contribution < -0.4 is 15.0 Å². The number of unbranched alkanes of at least 4 members (excludes halogenated alkanes) is 1. The van der Waals surface area contributed by atoms with Gasteiger partial charge in [-0.25, -0.2) is 8.78 Å². The van der Waals surface area contributed by atoms with Crippen LogP contribution in [0, 0.1) is 17.6 Å². The first kappa shape index (κ1) is 20.2. The van der Waals surface area contributed by atoms with Crippen LogP contribution in [0.25, 0.3) is 0 Å². The molecule has 0 aromatic heterocycles. The summed E-state index contributed by atoms with van der Waals surface area (Å²) in [4.78, 5) is 16.2. The fourth-order valence-corrected chi connectivity index (χ4v) is 4.69. The molecule has 1 aliphatic carbocycles. The topological polar surface area (TPSA) is 44.8 Å². The number of rotatable bonds is 7. The van der Waals surface area contributed by atoms with E-state index in [0.717, 1.165) is 56.4 Å². The molecule has 5 nitrogen and oxygen atoms in total. The average molecular weight is 427 g/mol. The molecule has 1 N–H and O–H groups in total. The molecule has 0 radical (unpaired) electrons. The van der Waals surface area contributed by atoms with Gasteiger partial charge in [-0.3, -0.25) is 9.69 Å². The fraction of sp³-hybridized carbons (Fsp3) is 0.458. The van der Waals surface area contributed by atoms with E-state index in [1.807, 2.05) is 17.0 Å². The van der Waals surface area contributed by atoms with Gasteiger partial charge in [-0.1, -0.05) is 12.1 Å². The molecule has 0 spiro atoms. The lowest BCUT2D eigenvalue weighted by atomic mass is 10.0. The predicted molar refractivity (Wildman–Crippen MR) is 116 cm³/mol. The highest BCUT2D eigenvalue weighted by atomic mass is 19.2. The zero-order valence-corrected chi connectivity index (χ0v) is 17.4. The first-order valence-electron chi connectivity index (χ1n) is 11.1. The number of carbonyl (C=O) groups excluding carboxylic acids is 1. The molecule has 31 heavy (non-hydrogen) atoms. The highest BCUT2D eigenvalue weighted by Gasteiger charge is 2.48. The van der Waals surface area contributed by atoms with Crippen molar-refractivity contribution < 1.29 is 18.3 Å². The van der Waals surface area contributed by atoms with Crippen LogP contribution in [0.15, 0.2) is 36.4 Å². The molecule has 3 aliphatic rings. The van der Waals surface area contributed by atoms with E-state index >= 15 is 0 Å². The molecule has 1 amide bonds. The second kappa shape index (κ2) is 8.46. The van der Waals surface area contributed by atoms with E-state index in [0.29, 0.717) is 31.3 Å². The smallest absolute Gasteiger partial charge is 0.228 e. The molecular formula is C24H27F2N3O2. The molecule has 2 aromatic carbocycles. The van der Waals surface area contributed by atoms with Gasteiger partial charge < -0.3 is 15.0 Å². The van der Waals surface area contributed by atoms with Crippen molar-refractivity contribution in [1.82, 2.24) is 4.90 Å². The van der Waals surface area contributed by atoms with Gasteiger partial charge in [0, 0.05) is 43.9 Å². The maximum atomic E-state index is 14.0. The Bertz CT molecular complexity index is 975. The third kappa shape index (κ3) is 4.24. The van der Waals surface area contributed by atoms with Crippen LogP contribution in [0.5, 0.6) is 5.75 Å². The summed E-state index contributed by atoms with van der Waals surface area (Å²) in [6.45, 7) is 4.66. The first-order valence-corrected chi connectivity index (χ1v) is 11.1. The number of hydrogen-bond acceptors (Lipinski definition) is 4. The number of fused-ring (bicyclic) bond motifs is 3. The molecule has 1 saturated carbocycles. The van der Waals surface area contributed by atoms with Gasteiger partial charge in [0.25, 0.3) is 0 Å². The van der Waals surface area contributed by atoms with Gasteiger partial charge in [0.1, 0.15) is 5.75 Å². The van der Waals surface area contributed by atoms with Crippen molar-refractivity contribution >= 4 is 17.3 Å². The molecule has 1 saturated heterocycles. The van der Waals surface area contributed by atoms with E-state index < -0.39 is 11.6 Å². The van der Waals surface area contributed by atoms with Crippen molar-refractivity contribution in [2.24, 2.45) is 5.92 Å². The maximum Gasteiger partial charge on any atom is 0.228 e. The van der Waals surface area contributed by atoms with Gasteiger partial charge in [0.15, 0.2) is 11.6 Å². The summed E-state index contributed by atoms with van der Waals surface area (Å²) in [5.74, 6) is -0.0479. The lowest BCUT2D eigenvalue weighted by Crippen LogP contribution is -2.47. The van der Waals surface area contributed by atoms with E-state index in [2.05, 4.69) is 16.3 Å². The number of nitrogens with zero attached hydrogens (tertiary/aromatic N) is 2. The van der Waals surface area contributed by atoms with Crippen molar-refractivity contribution in [3.05, 3.63) is 53.6 Å². The fourth-order valence-electron chi connectivity index (χ4n) is 4.69. The third-order valence-electron chi connectivity index (χ3n) is 6.59. The van der Waals surface area contributed by atoms with Crippen molar-refractivity contribution in [3.63, 3.8) is 0 Å². The number of amides is 1. The largest absolute Gasteiger partial charge is 0.494 e. The number of piperazine rings is 1. The number of hydrogen-bond donors (Lipinski definition) is 1. The quantitative estimate of drug-likeness (QED) is 0.679. The minimum atomic E-state index is -0.794. The van der Waals surface area contributed by atoms with Crippen LogP contribution in [0.4, 0.5) is 20.2 Å². The minimum absolute atomic E-state index is 0.134. The van der Waals surface area contributed by atoms with Gasteiger partial charge >= 0.3 is 0 Å². The average Bonchev–Trinajstić information content (AvgIpc) is 3.58. The van der Waals surface area contributed by atoms with Gasteiger partial charge in [0.05, 0.1) is 12.3 Å². The summed E-state index contributed by atoms with van der Waals surface area (Å²) in [6.07, 6.45) is 2.91. The van der Waals surface area contributed by atoms with Crippen LogP contribution in [-0.2, 0) is 4.79 Å². The molecular weight excluding hydrogens is 400 g/mol. The Morgan fingerprint density at radius 1 is 1.03 bits per heavy atom. The summed E-state index contributed by atoms with van der Waals surface area (Å²) in [5, 5.41) is 2.98. The van der Waals surface area contributed by atoms with Crippen LogP contribution in [0.3, 0.4) is 0 Å². The SMILES string of the molecule is O=C1Nc2cc(OCCCCN3CCN(c4cccc(F)c4F)CC3)ccc2C2CC12. The highest BCUT2D eigenvalue weighted by Crippen LogP contribution is 2.53. The Balaban J connectivity index is 1.02. The van der Waals surface area contributed by atoms with E-state index in [1.54, 1.807) is 12.1 Å². The Kier molecular flexibility index (Phi) is 5.52. The molecule has 2 heterocycles. The summed E-state index contributed by atoms with van der Waals surface area (Å²) in [5.41, 5.74) is 2.48. The molecule has 5 rings (SSSR count). The second-order valence-electron chi connectivity index (χ2n) is 8.64. The zero-order valence-electron chi connectivity index (χ0n) is 17.4. The molecule has 2 aliphatic heterocycles. The molecule has 2 fully saturated rings.